The standard InChI is InChI=1S/C23H28N4O2.ClH/c1-3-26(4-2)12-13-27(16-17-8-6-5-7-9-17)19-11-10-18-14-20(22(24)25)23(28)29-21(18)15-19;/h5-11,14-15H,3-4,12-13,16H2,1-2H3,(H3,24,25);1H. The molecule has 3 rings (SSSR count). The Labute approximate surface area is 183 Å². The van der Waals surface area contributed by atoms with Crippen molar-refractivity contribution >= 4 is 34.9 Å². The van der Waals surface area contributed by atoms with E-state index in [1.165, 1.54) is 5.56 Å². The molecule has 0 aliphatic heterocycles. The summed E-state index contributed by atoms with van der Waals surface area (Å²) in [4.78, 5) is 16.8. The van der Waals surface area contributed by atoms with Crippen molar-refractivity contribution in [2.45, 2.75) is 20.4 Å². The molecule has 0 aliphatic carbocycles. The number of nitrogens with zero attached hydrogens (tertiary/aromatic N) is 2. The summed E-state index contributed by atoms with van der Waals surface area (Å²) in [5.41, 5.74) is 7.70. The highest BCUT2D eigenvalue weighted by molar-refractivity contribution is 5.97. The van der Waals surface area contributed by atoms with E-state index in [-0.39, 0.29) is 23.8 Å². The average molecular weight is 429 g/mol. The smallest absolute Gasteiger partial charge is 0.347 e. The van der Waals surface area contributed by atoms with Gasteiger partial charge in [-0.1, -0.05) is 44.2 Å². The van der Waals surface area contributed by atoms with Crippen molar-refractivity contribution in [1.82, 2.24) is 4.90 Å². The molecule has 1 heterocycles. The third-order valence-corrected chi connectivity index (χ3v) is 5.17. The highest BCUT2D eigenvalue weighted by atomic mass is 35.5. The lowest BCUT2D eigenvalue weighted by Crippen LogP contribution is -2.34. The number of likely N-dealkylation sites (N-methyl/N-ethyl adjacent to an activating group) is 1. The monoisotopic (exact) mass is 428 g/mol. The lowest BCUT2D eigenvalue weighted by atomic mass is 10.1. The minimum Gasteiger partial charge on any atom is -0.422 e. The van der Waals surface area contributed by atoms with Gasteiger partial charge in [0.2, 0.25) is 0 Å². The number of amidine groups is 1. The second-order valence-electron chi connectivity index (χ2n) is 7.02. The zero-order chi connectivity index (χ0) is 20.8. The van der Waals surface area contributed by atoms with Gasteiger partial charge in [0, 0.05) is 36.8 Å². The van der Waals surface area contributed by atoms with E-state index < -0.39 is 5.63 Å². The minimum atomic E-state index is -0.583. The lowest BCUT2D eigenvalue weighted by Gasteiger charge is -2.28. The van der Waals surface area contributed by atoms with Crippen LogP contribution in [-0.4, -0.2) is 36.9 Å². The predicted molar refractivity (Wildman–Crippen MR) is 126 cm³/mol. The molecule has 30 heavy (non-hydrogen) atoms. The third-order valence-electron chi connectivity index (χ3n) is 5.17. The van der Waals surface area contributed by atoms with Crippen LogP contribution in [0.3, 0.4) is 0 Å². The highest BCUT2D eigenvalue weighted by Gasteiger charge is 2.13. The molecule has 0 bridgehead atoms. The van der Waals surface area contributed by atoms with Crippen LogP contribution in [0.1, 0.15) is 25.0 Å². The molecule has 7 heteroatoms. The first-order chi connectivity index (χ1) is 14.0. The van der Waals surface area contributed by atoms with Crippen LogP contribution >= 0.6 is 12.4 Å². The van der Waals surface area contributed by atoms with E-state index in [9.17, 15) is 4.79 Å². The second kappa shape index (κ2) is 10.8. The van der Waals surface area contributed by atoms with E-state index in [0.29, 0.717) is 5.58 Å². The van der Waals surface area contributed by atoms with Crippen molar-refractivity contribution in [3.8, 4) is 0 Å². The van der Waals surface area contributed by atoms with Crippen molar-refractivity contribution in [3.63, 3.8) is 0 Å². The van der Waals surface area contributed by atoms with Crippen LogP contribution < -0.4 is 16.3 Å². The number of nitrogens with one attached hydrogen (secondary N) is 1. The van der Waals surface area contributed by atoms with E-state index in [2.05, 4.69) is 35.8 Å². The van der Waals surface area contributed by atoms with E-state index >= 15 is 0 Å². The van der Waals surface area contributed by atoms with Gasteiger partial charge in [0.15, 0.2) is 0 Å². The summed E-state index contributed by atoms with van der Waals surface area (Å²) in [7, 11) is 0. The molecule has 1 aromatic heterocycles. The fraction of sp³-hybridized carbons (Fsp3) is 0.304. The second-order valence-corrected chi connectivity index (χ2v) is 7.02. The van der Waals surface area contributed by atoms with E-state index in [1.54, 1.807) is 6.07 Å². The number of anilines is 1. The Kier molecular flexibility index (Phi) is 8.45. The Bertz CT molecular complexity index is 1030. The number of benzene rings is 2. The van der Waals surface area contributed by atoms with Crippen LogP contribution in [0.2, 0.25) is 0 Å². The molecular formula is C23H29ClN4O2. The normalized spacial score (nSPS) is 10.8. The minimum absolute atomic E-state index is 0. The zero-order valence-electron chi connectivity index (χ0n) is 17.4. The Hall–Kier alpha value is -2.83. The summed E-state index contributed by atoms with van der Waals surface area (Å²) >= 11 is 0. The Morgan fingerprint density at radius 3 is 2.37 bits per heavy atom. The van der Waals surface area contributed by atoms with Crippen LogP contribution in [0.4, 0.5) is 5.69 Å². The van der Waals surface area contributed by atoms with Crippen molar-refractivity contribution < 1.29 is 4.42 Å². The van der Waals surface area contributed by atoms with Crippen molar-refractivity contribution in [2.24, 2.45) is 5.73 Å². The first-order valence-corrected chi connectivity index (χ1v) is 9.95. The Morgan fingerprint density at radius 1 is 1.03 bits per heavy atom. The van der Waals surface area contributed by atoms with Gasteiger partial charge in [-0.2, -0.15) is 0 Å². The van der Waals surface area contributed by atoms with Crippen molar-refractivity contribution in [3.05, 3.63) is 76.1 Å². The first kappa shape index (κ1) is 23.4. The number of hydrogen-bond acceptors (Lipinski definition) is 5. The van der Waals surface area contributed by atoms with Gasteiger partial charge in [0.25, 0.3) is 0 Å². The molecule has 3 N–H and O–H groups in total. The average Bonchev–Trinajstić information content (AvgIpc) is 2.73. The Balaban J connectivity index is 0.00000320. The van der Waals surface area contributed by atoms with Gasteiger partial charge in [-0.25, -0.2) is 4.79 Å². The summed E-state index contributed by atoms with van der Waals surface area (Å²) < 4.78 is 5.45. The summed E-state index contributed by atoms with van der Waals surface area (Å²) in [6.07, 6.45) is 0. The first-order valence-electron chi connectivity index (χ1n) is 9.95. The number of hydrogen-bond donors (Lipinski definition) is 2. The van der Waals surface area contributed by atoms with E-state index in [4.69, 9.17) is 15.6 Å². The topological polar surface area (TPSA) is 86.6 Å². The van der Waals surface area contributed by atoms with Crippen LogP contribution in [0, 0.1) is 5.41 Å². The molecule has 0 spiro atoms. The van der Waals surface area contributed by atoms with Gasteiger partial charge < -0.3 is 20.0 Å². The zero-order valence-corrected chi connectivity index (χ0v) is 18.2. The van der Waals surface area contributed by atoms with Crippen LogP contribution in [0.25, 0.3) is 11.0 Å². The third kappa shape index (κ3) is 5.62. The lowest BCUT2D eigenvalue weighted by molar-refractivity contribution is 0.309. The van der Waals surface area contributed by atoms with Crippen molar-refractivity contribution in [2.75, 3.05) is 31.1 Å². The summed E-state index contributed by atoms with van der Waals surface area (Å²) in [5, 5.41) is 8.28. The van der Waals surface area contributed by atoms with Gasteiger partial charge >= 0.3 is 5.63 Å². The SMILES string of the molecule is CCN(CC)CCN(Cc1ccccc1)c1ccc2cc(C(=N)N)c(=O)oc2c1.Cl. The summed E-state index contributed by atoms with van der Waals surface area (Å²) in [5.74, 6) is -0.283. The molecule has 0 aliphatic rings. The quantitative estimate of drug-likeness (QED) is 0.307. The molecule has 0 amide bonds. The maximum absolute atomic E-state index is 12.1. The number of fused-ring (bicyclic) bond motifs is 1. The molecule has 0 fully saturated rings. The molecule has 0 saturated heterocycles. The van der Waals surface area contributed by atoms with Crippen molar-refractivity contribution in [1.29, 1.82) is 5.41 Å². The molecule has 0 unspecified atom stereocenters. The number of nitrogens with two attached hydrogens (primary N) is 1. The summed E-state index contributed by atoms with van der Waals surface area (Å²) in [6, 6.07) is 17.8. The fourth-order valence-corrected chi connectivity index (χ4v) is 3.39. The maximum atomic E-state index is 12.1. The highest BCUT2D eigenvalue weighted by Crippen LogP contribution is 2.23. The molecule has 0 radical (unpaired) electrons. The van der Waals surface area contributed by atoms with Crippen LogP contribution in [-0.2, 0) is 6.54 Å². The number of rotatable bonds is 9. The van der Waals surface area contributed by atoms with E-state index in [0.717, 1.165) is 43.8 Å². The molecule has 0 atom stereocenters. The number of nitrogen functional groups attached to an aromatic ring is 1. The van der Waals surface area contributed by atoms with Gasteiger partial charge in [0.1, 0.15) is 17.0 Å². The Morgan fingerprint density at radius 2 is 1.73 bits per heavy atom. The molecule has 0 saturated carbocycles. The molecular weight excluding hydrogens is 400 g/mol. The van der Waals surface area contributed by atoms with Crippen LogP contribution in [0.5, 0.6) is 0 Å². The van der Waals surface area contributed by atoms with Gasteiger partial charge in [-0.05, 0) is 36.9 Å². The van der Waals surface area contributed by atoms with E-state index in [1.807, 2.05) is 36.4 Å². The van der Waals surface area contributed by atoms with Gasteiger partial charge in [0.05, 0.1) is 0 Å². The fourth-order valence-electron chi connectivity index (χ4n) is 3.39. The number of halogens is 1. The van der Waals surface area contributed by atoms with Gasteiger partial charge in [-0.3, -0.25) is 5.41 Å². The molecule has 2 aromatic carbocycles. The summed E-state index contributed by atoms with van der Waals surface area (Å²) in [6.45, 7) is 8.93. The predicted octanol–water partition coefficient (Wildman–Crippen LogP) is 3.85. The largest absolute Gasteiger partial charge is 0.422 e. The van der Waals surface area contributed by atoms with Crippen LogP contribution in [0.15, 0.2) is 63.8 Å². The molecule has 160 valence electrons. The molecule has 6 nitrogen and oxygen atoms in total. The molecule has 3 aromatic rings. The van der Waals surface area contributed by atoms with Gasteiger partial charge in [-0.15, -0.1) is 12.4 Å². The maximum Gasteiger partial charge on any atom is 0.347 e.